The van der Waals surface area contributed by atoms with E-state index < -0.39 is 5.92 Å². The predicted octanol–water partition coefficient (Wildman–Crippen LogP) is 1.39. The Hall–Kier alpha value is -2.04. The highest BCUT2D eigenvalue weighted by Crippen LogP contribution is 2.19. The van der Waals surface area contributed by atoms with Crippen molar-refractivity contribution in [1.82, 2.24) is 4.90 Å². The van der Waals surface area contributed by atoms with Crippen molar-refractivity contribution in [2.45, 2.75) is 19.3 Å². The molecule has 0 heterocycles. The number of carbonyl (C=O) groups is 2. The molecule has 0 bridgehead atoms. The molecule has 5 heteroatoms. The summed E-state index contributed by atoms with van der Waals surface area (Å²) in [7, 11) is 3.33. The zero-order valence-electron chi connectivity index (χ0n) is 11.6. The van der Waals surface area contributed by atoms with E-state index in [9.17, 15) is 9.59 Å². The number of amides is 1. The average Bonchev–Trinajstić information content (AvgIpc) is 2.37. The molecule has 2 N–H and O–H groups in total. The van der Waals surface area contributed by atoms with Crippen molar-refractivity contribution in [3.63, 3.8) is 0 Å². The highest BCUT2D eigenvalue weighted by molar-refractivity contribution is 5.79. The van der Waals surface area contributed by atoms with Crippen LogP contribution in [0.15, 0.2) is 24.3 Å². The largest absolute Gasteiger partial charge is 0.465 e. The maximum Gasteiger partial charge on any atom is 0.313 e. The van der Waals surface area contributed by atoms with Gasteiger partial charge in [0.15, 0.2) is 0 Å². The van der Waals surface area contributed by atoms with E-state index in [1.165, 1.54) is 4.90 Å². The van der Waals surface area contributed by atoms with Crippen molar-refractivity contribution in [3.05, 3.63) is 29.8 Å². The number of anilines is 1. The number of ether oxygens (including phenoxy) is 1. The van der Waals surface area contributed by atoms with E-state index in [4.69, 9.17) is 10.5 Å². The van der Waals surface area contributed by atoms with Crippen molar-refractivity contribution in [2.75, 3.05) is 26.4 Å². The summed E-state index contributed by atoms with van der Waals surface area (Å²) in [5.74, 6) is -0.806. The maximum atomic E-state index is 11.8. The van der Waals surface area contributed by atoms with Crippen molar-refractivity contribution in [1.29, 1.82) is 0 Å². The second kappa shape index (κ2) is 6.78. The summed E-state index contributed by atoms with van der Waals surface area (Å²) < 4.78 is 5.09. The van der Waals surface area contributed by atoms with E-state index in [1.54, 1.807) is 39.2 Å². The second-order valence-electron chi connectivity index (χ2n) is 4.60. The molecule has 0 fully saturated rings. The molecule has 1 rings (SSSR count). The predicted molar refractivity (Wildman–Crippen MR) is 73.5 cm³/mol. The van der Waals surface area contributed by atoms with Crippen LogP contribution in [0, 0.1) is 0 Å². The maximum absolute atomic E-state index is 11.8. The van der Waals surface area contributed by atoms with Crippen LogP contribution in [0.2, 0.25) is 0 Å². The first-order valence-electron chi connectivity index (χ1n) is 6.14. The summed E-state index contributed by atoms with van der Waals surface area (Å²) in [4.78, 5) is 24.6. The van der Waals surface area contributed by atoms with E-state index >= 15 is 0 Å². The van der Waals surface area contributed by atoms with Gasteiger partial charge >= 0.3 is 5.97 Å². The summed E-state index contributed by atoms with van der Waals surface area (Å²) in [6.45, 7) is 1.85. The zero-order valence-corrected chi connectivity index (χ0v) is 11.6. The van der Waals surface area contributed by atoms with Gasteiger partial charge < -0.3 is 15.4 Å². The first kappa shape index (κ1) is 15.0. The van der Waals surface area contributed by atoms with E-state index in [-0.39, 0.29) is 24.9 Å². The van der Waals surface area contributed by atoms with Gasteiger partial charge in [-0.05, 0) is 24.6 Å². The molecule has 1 amide bonds. The third-order valence-corrected chi connectivity index (χ3v) is 2.82. The molecule has 1 atom stereocenters. The summed E-state index contributed by atoms with van der Waals surface area (Å²) in [6, 6.07) is 7.13. The Morgan fingerprint density at radius 3 is 2.63 bits per heavy atom. The van der Waals surface area contributed by atoms with Crippen LogP contribution in [0.3, 0.4) is 0 Å². The summed E-state index contributed by atoms with van der Waals surface area (Å²) >= 11 is 0. The lowest BCUT2D eigenvalue weighted by Crippen LogP contribution is -2.24. The third-order valence-electron chi connectivity index (χ3n) is 2.82. The van der Waals surface area contributed by atoms with Gasteiger partial charge in [-0.15, -0.1) is 0 Å². The van der Waals surface area contributed by atoms with Gasteiger partial charge in [-0.1, -0.05) is 12.1 Å². The molecule has 19 heavy (non-hydrogen) atoms. The van der Waals surface area contributed by atoms with Crippen LogP contribution in [0.5, 0.6) is 0 Å². The minimum Gasteiger partial charge on any atom is -0.465 e. The van der Waals surface area contributed by atoms with Gasteiger partial charge in [0.2, 0.25) is 5.91 Å². The molecule has 1 aromatic carbocycles. The van der Waals surface area contributed by atoms with Crippen LogP contribution in [0.4, 0.5) is 5.69 Å². The second-order valence-corrected chi connectivity index (χ2v) is 4.60. The summed E-state index contributed by atoms with van der Waals surface area (Å²) in [6.07, 6.45) is 0.197. The Bertz CT molecular complexity index is 458. The fourth-order valence-electron chi connectivity index (χ4n) is 1.55. The number of carbonyl (C=O) groups excluding carboxylic acids is 2. The average molecular weight is 264 g/mol. The van der Waals surface area contributed by atoms with Crippen molar-refractivity contribution in [2.24, 2.45) is 0 Å². The van der Waals surface area contributed by atoms with Crippen LogP contribution in [0.25, 0.3) is 0 Å². The number of hydrogen-bond donors (Lipinski definition) is 1. The van der Waals surface area contributed by atoms with Crippen LogP contribution in [-0.2, 0) is 14.3 Å². The third kappa shape index (κ3) is 4.62. The quantitative estimate of drug-likeness (QED) is 0.644. The molecular weight excluding hydrogens is 244 g/mol. The molecule has 0 radical (unpaired) electrons. The smallest absolute Gasteiger partial charge is 0.313 e. The Labute approximate surface area is 113 Å². The van der Waals surface area contributed by atoms with E-state index in [2.05, 4.69) is 0 Å². The first-order valence-corrected chi connectivity index (χ1v) is 6.14. The normalized spacial score (nSPS) is 11.7. The minimum atomic E-state index is -0.391. The van der Waals surface area contributed by atoms with Crippen LogP contribution >= 0.6 is 0 Å². The number of rotatable bonds is 5. The molecule has 0 saturated carbocycles. The SMILES string of the molecule is CC(C(=O)OCCC(=O)N(C)C)c1cccc(N)c1. The van der Waals surface area contributed by atoms with Crippen LogP contribution in [-0.4, -0.2) is 37.5 Å². The molecule has 0 saturated heterocycles. The Morgan fingerprint density at radius 1 is 1.37 bits per heavy atom. The lowest BCUT2D eigenvalue weighted by molar-refractivity contribution is -0.146. The first-order chi connectivity index (χ1) is 8.91. The van der Waals surface area contributed by atoms with E-state index in [1.807, 2.05) is 6.07 Å². The van der Waals surface area contributed by atoms with Crippen molar-refractivity contribution < 1.29 is 14.3 Å². The fraction of sp³-hybridized carbons (Fsp3) is 0.429. The summed E-state index contributed by atoms with van der Waals surface area (Å²) in [5.41, 5.74) is 7.09. The van der Waals surface area contributed by atoms with Crippen molar-refractivity contribution >= 4 is 17.6 Å². The minimum absolute atomic E-state index is 0.0654. The molecule has 104 valence electrons. The van der Waals surface area contributed by atoms with Gasteiger partial charge in [0, 0.05) is 19.8 Å². The molecule has 1 aromatic rings. The molecule has 5 nitrogen and oxygen atoms in total. The monoisotopic (exact) mass is 264 g/mol. The van der Waals surface area contributed by atoms with Gasteiger partial charge in [-0.25, -0.2) is 0 Å². The number of nitrogens with two attached hydrogens (primary N) is 1. The molecule has 0 aliphatic carbocycles. The van der Waals surface area contributed by atoms with Crippen LogP contribution < -0.4 is 5.73 Å². The van der Waals surface area contributed by atoms with Gasteiger partial charge in [0.1, 0.15) is 6.61 Å². The lowest BCUT2D eigenvalue weighted by atomic mass is 10.0. The van der Waals surface area contributed by atoms with E-state index in [0.717, 1.165) is 5.56 Å². The van der Waals surface area contributed by atoms with Gasteiger partial charge in [0.25, 0.3) is 0 Å². The zero-order chi connectivity index (χ0) is 14.4. The molecule has 0 aliphatic rings. The number of esters is 1. The molecule has 0 aromatic heterocycles. The Balaban J connectivity index is 2.48. The van der Waals surface area contributed by atoms with E-state index in [0.29, 0.717) is 5.69 Å². The summed E-state index contributed by atoms with van der Waals surface area (Å²) in [5, 5.41) is 0. The number of benzene rings is 1. The molecule has 1 unspecified atom stereocenters. The van der Waals surface area contributed by atoms with Gasteiger partial charge in [-0.3, -0.25) is 9.59 Å². The van der Waals surface area contributed by atoms with Crippen LogP contribution in [0.1, 0.15) is 24.8 Å². The fourth-order valence-corrected chi connectivity index (χ4v) is 1.55. The molecule has 0 spiro atoms. The highest BCUT2D eigenvalue weighted by atomic mass is 16.5. The highest BCUT2D eigenvalue weighted by Gasteiger charge is 2.17. The van der Waals surface area contributed by atoms with Crippen molar-refractivity contribution in [3.8, 4) is 0 Å². The number of hydrogen-bond acceptors (Lipinski definition) is 4. The number of nitrogens with zero attached hydrogens (tertiary/aromatic N) is 1. The number of nitrogen functional groups attached to an aromatic ring is 1. The van der Waals surface area contributed by atoms with Gasteiger partial charge in [0.05, 0.1) is 12.3 Å². The standard InChI is InChI=1S/C14H20N2O3/c1-10(11-5-4-6-12(15)9-11)14(18)19-8-7-13(17)16(2)3/h4-6,9-10H,7-8,15H2,1-3H3. The molecular formula is C14H20N2O3. The Kier molecular flexibility index (Phi) is 5.36. The lowest BCUT2D eigenvalue weighted by Gasteiger charge is -2.13. The topological polar surface area (TPSA) is 72.6 Å². The molecule has 0 aliphatic heterocycles. The van der Waals surface area contributed by atoms with Gasteiger partial charge in [-0.2, -0.15) is 0 Å². The Morgan fingerprint density at radius 2 is 2.05 bits per heavy atom.